The normalized spacial score (nSPS) is 13.0. The van der Waals surface area contributed by atoms with Crippen LogP contribution in [-0.4, -0.2) is 14.5 Å². The van der Waals surface area contributed by atoms with Crippen LogP contribution in [0, 0.1) is 0 Å². The maximum absolute atomic E-state index is 6.09. The largest absolute Gasteiger partial charge is 0.317 e. The molecule has 0 aliphatic rings. The summed E-state index contributed by atoms with van der Waals surface area (Å²) in [6.45, 7) is 2.09. The molecule has 3 aromatic rings. The summed E-state index contributed by atoms with van der Waals surface area (Å²) in [5.41, 5.74) is 1.90. The monoisotopic (exact) mass is 311 g/mol. The van der Waals surface area contributed by atoms with Crippen molar-refractivity contribution in [1.29, 1.82) is 0 Å². The van der Waals surface area contributed by atoms with Crippen LogP contribution in [0.15, 0.2) is 29.8 Å². The van der Waals surface area contributed by atoms with Gasteiger partial charge in [-0.3, -0.25) is 0 Å². The van der Waals surface area contributed by atoms with E-state index in [1.807, 2.05) is 29.8 Å². The molecule has 0 spiro atoms. The van der Waals surface area contributed by atoms with Crippen LogP contribution >= 0.6 is 34.5 Å². The van der Waals surface area contributed by atoms with Gasteiger partial charge >= 0.3 is 0 Å². The number of thiazole rings is 1. The molecule has 0 saturated heterocycles. The van der Waals surface area contributed by atoms with Crippen molar-refractivity contribution in [3.63, 3.8) is 0 Å². The molecule has 2 heterocycles. The van der Waals surface area contributed by atoms with E-state index in [9.17, 15) is 0 Å². The summed E-state index contributed by atoms with van der Waals surface area (Å²) in [5.74, 6) is 1.20. The highest BCUT2D eigenvalue weighted by molar-refractivity contribution is 7.09. The summed E-state index contributed by atoms with van der Waals surface area (Å²) in [5, 5.41) is 3.70. The summed E-state index contributed by atoms with van der Waals surface area (Å²) in [4.78, 5) is 8.92. The van der Waals surface area contributed by atoms with Crippen LogP contribution in [0.25, 0.3) is 11.0 Å². The third kappa shape index (κ3) is 2.24. The highest BCUT2D eigenvalue weighted by Gasteiger charge is 2.18. The van der Waals surface area contributed by atoms with E-state index < -0.39 is 0 Å². The molecular formula is C13H11Cl2N3S. The average Bonchev–Trinajstić information content (AvgIpc) is 3.04. The van der Waals surface area contributed by atoms with Gasteiger partial charge in [-0.05, 0) is 25.1 Å². The molecule has 0 saturated carbocycles. The molecule has 3 rings (SSSR count). The predicted octanol–water partition coefficient (Wildman–Crippen LogP) is 4.49. The minimum absolute atomic E-state index is 0.0946. The SMILES string of the molecule is CC(c1nccs1)n1c(CCl)nc2ccc(Cl)cc21. The summed E-state index contributed by atoms with van der Waals surface area (Å²) in [6, 6.07) is 5.77. The first-order valence-corrected chi connectivity index (χ1v) is 7.61. The Hall–Kier alpha value is -1.10. The average molecular weight is 312 g/mol. The number of hydrogen-bond acceptors (Lipinski definition) is 3. The highest BCUT2D eigenvalue weighted by atomic mass is 35.5. The summed E-state index contributed by atoms with van der Waals surface area (Å²) in [6.07, 6.45) is 1.81. The van der Waals surface area contributed by atoms with Gasteiger partial charge in [0.15, 0.2) is 0 Å². The van der Waals surface area contributed by atoms with Crippen molar-refractivity contribution in [2.45, 2.75) is 18.8 Å². The summed E-state index contributed by atoms with van der Waals surface area (Å²) < 4.78 is 2.10. The maximum atomic E-state index is 6.09. The van der Waals surface area contributed by atoms with E-state index in [4.69, 9.17) is 23.2 Å². The van der Waals surface area contributed by atoms with E-state index >= 15 is 0 Å². The minimum Gasteiger partial charge on any atom is -0.317 e. The van der Waals surface area contributed by atoms with Crippen LogP contribution in [0.4, 0.5) is 0 Å². The number of halogens is 2. The third-order valence-corrected chi connectivity index (χ3v) is 4.46. The number of hydrogen-bond donors (Lipinski definition) is 0. The van der Waals surface area contributed by atoms with Crippen molar-refractivity contribution in [2.75, 3.05) is 0 Å². The number of nitrogens with zero attached hydrogens (tertiary/aromatic N) is 3. The molecule has 0 fully saturated rings. The van der Waals surface area contributed by atoms with Crippen LogP contribution in [0.2, 0.25) is 5.02 Å². The number of fused-ring (bicyclic) bond motifs is 1. The molecule has 0 N–H and O–H groups in total. The number of aromatic nitrogens is 3. The zero-order valence-corrected chi connectivity index (χ0v) is 12.5. The van der Waals surface area contributed by atoms with E-state index in [1.54, 1.807) is 11.3 Å². The van der Waals surface area contributed by atoms with Gasteiger partial charge in [0.2, 0.25) is 0 Å². The molecule has 3 nitrogen and oxygen atoms in total. The first kappa shape index (κ1) is 12.9. The number of alkyl halides is 1. The lowest BCUT2D eigenvalue weighted by Gasteiger charge is -2.14. The Morgan fingerprint density at radius 2 is 2.26 bits per heavy atom. The van der Waals surface area contributed by atoms with Gasteiger partial charge in [-0.1, -0.05) is 11.6 Å². The smallest absolute Gasteiger partial charge is 0.125 e. The van der Waals surface area contributed by atoms with E-state index in [0.29, 0.717) is 10.9 Å². The van der Waals surface area contributed by atoms with Gasteiger partial charge in [0.05, 0.1) is 23.0 Å². The molecule has 2 aromatic heterocycles. The zero-order chi connectivity index (χ0) is 13.4. The van der Waals surface area contributed by atoms with Crippen molar-refractivity contribution in [1.82, 2.24) is 14.5 Å². The highest BCUT2D eigenvalue weighted by Crippen LogP contribution is 2.29. The molecule has 1 unspecified atom stereocenters. The van der Waals surface area contributed by atoms with Crippen molar-refractivity contribution in [3.8, 4) is 0 Å². The lowest BCUT2D eigenvalue weighted by Crippen LogP contribution is -2.09. The molecule has 0 radical (unpaired) electrons. The number of benzene rings is 1. The second-order valence-electron chi connectivity index (χ2n) is 4.21. The Morgan fingerprint density at radius 1 is 1.42 bits per heavy atom. The molecule has 6 heteroatoms. The molecule has 0 aliphatic heterocycles. The Bertz CT molecular complexity index is 706. The van der Waals surface area contributed by atoms with Crippen LogP contribution in [0.3, 0.4) is 0 Å². The Labute approximate surface area is 124 Å². The quantitative estimate of drug-likeness (QED) is 0.667. The lowest BCUT2D eigenvalue weighted by molar-refractivity contribution is 0.630. The summed E-state index contributed by atoms with van der Waals surface area (Å²) >= 11 is 13.7. The van der Waals surface area contributed by atoms with E-state index in [2.05, 4.69) is 21.5 Å². The standard InChI is InChI=1S/C13H11Cl2N3S/c1-8(13-16-4-5-19-13)18-11-6-9(15)2-3-10(11)17-12(18)7-14/h2-6,8H,7H2,1H3. The Kier molecular flexibility index (Phi) is 3.48. The van der Waals surface area contributed by atoms with Gasteiger partial charge in [0, 0.05) is 16.6 Å². The summed E-state index contributed by atoms with van der Waals surface area (Å²) in [7, 11) is 0. The Balaban J connectivity index is 2.23. The zero-order valence-electron chi connectivity index (χ0n) is 10.2. The van der Waals surface area contributed by atoms with Crippen molar-refractivity contribution in [3.05, 3.63) is 45.6 Å². The molecule has 19 heavy (non-hydrogen) atoms. The fourth-order valence-electron chi connectivity index (χ4n) is 2.19. The molecule has 0 bridgehead atoms. The van der Waals surface area contributed by atoms with Crippen molar-refractivity contribution >= 4 is 45.6 Å². The van der Waals surface area contributed by atoms with Crippen LogP contribution in [0.1, 0.15) is 23.8 Å². The first-order valence-electron chi connectivity index (χ1n) is 5.82. The minimum atomic E-state index is 0.0946. The first-order chi connectivity index (χ1) is 9.20. The number of rotatable bonds is 3. The third-order valence-electron chi connectivity index (χ3n) is 3.04. The molecule has 1 aromatic carbocycles. The van der Waals surface area contributed by atoms with Gasteiger partial charge in [-0.15, -0.1) is 22.9 Å². The Morgan fingerprint density at radius 3 is 2.95 bits per heavy atom. The van der Waals surface area contributed by atoms with Gasteiger partial charge in [-0.25, -0.2) is 9.97 Å². The lowest BCUT2D eigenvalue weighted by atomic mass is 10.3. The maximum Gasteiger partial charge on any atom is 0.125 e. The van der Waals surface area contributed by atoms with Crippen LogP contribution in [-0.2, 0) is 5.88 Å². The van der Waals surface area contributed by atoms with E-state index in [1.165, 1.54) is 0 Å². The number of imidazole rings is 1. The fourth-order valence-corrected chi connectivity index (χ4v) is 3.23. The second kappa shape index (κ2) is 5.12. The van der Waals surface area contributed by atoms with Crippen molar-refractivity contribution < 1.29 is 0 Å². The van der Waals surface area contributed by atoms with Gasteiger partial charge in [0.1, 0.15) is 10.8 Å². The molecule has 1 atom stereocenters. The van der Waals surface area contributed by atoms with Gasteiger partial charge in [0.25, 0.3) is 0 Å². The van der Waals surface area contributed by atoms with Crippen molar-refractivity contribution in [2.24, 2.45) is 0 Å². The molecule has 0 aliphatic carbocycles. The molecule has 0 amide bonds. The topological polar surface area (TPSA) is 30.7 Å². The fraction of sp³-hybridized carbons (Fsp3) is 0.231. The predicted molar refractivity (Wildman–Crippen MR) is 80.2 cm³/mol. The van der Waals surface area contributed by atoms with Crippen LogP contribution < -0.4 is 0 Å². The molecule has 98 valence electrons. The van der Waals surface area contributed by atoms with E-state index in [-0.39, 0.29) is 6.04 Å². The van der Waals surface area contributed by atoms with Gasteiger partial charge in [-0.2, -0.15) is 0 Å². The molecular weight excluding hydrogens is 301 g/mol. The van der Waals surface area contributed by atoms with E-state index in [0.717, 1.165) is 21.9 Å². The second-order valence-corrected chi connectivity index (χ2v) is 5.84. The van der Waals surface area contributed by atoms with Crippen LogP contribution in [0.5, 0.6) is 0 Å². The van der Waals surface area contributed by atoms with Gasteiger partial charge < -0.3 is 4.57 Å².